The third-order valence-electron chi connectivity index (χ3n) is 6.24. The summed E-state index contributed by atoms with van der Waals surface area (Å²) >= 11 is 0. The summed E-state index contributed by atoms with van der Waals surface area (Å²) in [4.78, 5) is 12.5. The SMILES string of the molecule is COCCC1(CNC(=O)C2CC23CCNCC3)CCCC1. The normalized spacial score (nSPS) is 29.5. The van der Waals surface area contributed by atoms with Crippen molar-refractivity contribution < 1.29 is 9.53 Å². The van der Waals surface area contributed by atoms with Gasteiger partial charge in [0.15, 0.2) is 0 Å². The van der Waals surface area contributed by atoms with Crippen molar-refractivity contribution in [2.75, 3.05) is 33.4 Å². The number of amides is 1. The molecule has 0 aromatic heterocycles. The van der Waals surface area contributed by atoms with E-state index in [4.69, 9.17) is 4.74 Å². The molecular formula is C17H30N2O2. The maximum absolute atomic E-state index is 12.5. The molecule has 2 N–H and O–H groups in total. The number of piperidine rings is 1. The van der Waals surface area contributed by atoms with Gasteiger partial charge in [0.1, 0.15) is 0 Å². The molecule has 21 heavy (non-hydrogen) atoms. The minimum Gasteiger partial charge on any atom is -0.385 e. The maximum atomic E-state index is 12.5. The summed E-state index contributed by atoms with van der Waals surface area (Å²) in [6, 6.07) is 0. The Morgan fingerprint density at radius 3 is 2.62 bits per heavy atom. The first-order valence-electron chi connectivity index (χ1n) is 8.67. The van der Waals surface area contributed by atoms with Crippen LogP contribution in [0.3, 0.4) is 0 Å². The summed E-state index contributed by atoms with van der Waals surface area (Å²) in [5.41, 5.74) is 0.659. The highest BCUT2D eigenvalue weighted by molar-refractivity contribution is 5.82. The Labute approximate surface area is 128 Å². The summed E-state index contributed by atoms with van der Waals surface area (Å²) in [6.07, 6.45) is 9.67. The Bertz CT molecular complexity index is 371. The van der Waals surface area contributed by atoms with Crippen LogP contribution in [0.4, 0.5) is 0 Å². The zero-order valence-corrected chi connectivity index (χ0v) is 13.4. The zero-order chi connectivity index (χ0) is 14.8. The average Bonchev–Trinajstić information content (AvgIpc) is 2.99. The molecule has 1 heterocycles. The summed E-state index contributed by atoms with van der Waals surface area (Å²) in [6.45, 7) is 3.85. The van der Waals surface area contributed by atoms with Gasteiger partial charge in [0.25, 0.3) is 0 Å². The van der Waals surface area contributed by atoms with Crippen LogP contribution in [0.2, 0.25) is 0 Å². The molecule has 3 fully saturated rings. The van der Waals surface area contributed by atoms with Crippen LogP contribution in [0.25, 0.3) is 0 Å². The van der Waals surface area contributed by atoms with Gasteiger partial charge in [-0.25, -0.2) is 0 Å². The van der Waals surface area contributed by atoms with Gasteiger partial charge in [0.05, 0.1) is 0 Å². The number of hydrogen-bond donors (Lipinski definition) is 2. The van der Waals surface area contributed by atoms with Crippen molar-refractivity contribution in [1.29, 1.82) is 0 Å². The molecule has 1 aliphatic heterocycles. The fraction of sp³-hybridized carbons (Fsp3) is 0.941. The fourth-order valence-corrected chi connectivity index (χ4v) is 4.55. The smallest absolute Gasteiger partial charge is 0.223 e. The lowest BCUT2D eigenvalue weighted by Crippen LogP contribution is -2.39. The van der Waals surface area contributed by atoms with Crippen molar-refractivity contribution in [2.45, 2.75) is 51.4 Å². The van der Waals surface area contributed by atoms with Crippen LogP contribution >= 0.6 is 0 Å². The number of rotatable bonds is 6. The van der Waals surface area contributed by atoms with E-state index in [9.17, 15) is 4.79 Å². The topological polar surface area (TPSA) is 50.4 Å². The number of methoxy groups -OCH3 is 1. The molecule has 4 nitrogen and oxygen atoms in total. The predicted molar refractivity (Wildman–Crippen MR) is 83.0 cm³/mol. The Morgan fingerprint density at radius 2 is 1.95 bits per heavy atom. The molecule has 1 amide bonds. The molecule has 0 radical (unpaired) electrons. The van der Waals surface area contributed by atoms with Crippen LogP contribution in [-0.4, -0.2) is 39.3 Å². The standard InChI is InChI=1S/C17H30N2O2/c1-21-11-8-16(4-2-3-5-16)13-19-15(20)14-12-17(14)6-9-18-10-7-17/h14,18H,2-13H2,1H3,(H,19,20). The van der Waals surface area contributed by atoms with E-state index >= 15 is 0 Å². The first-order chi connectivity index (χ1) is 10.2. The van der Waals surface area contributed by atoms with Crippen molar-refractivity contribution >= 4 is 5.91 Å². The Balaban J connectivity index is 1.49. The van der Waals surface area contributed by atoms with Crippen LogP contribution in [0, 0.1) is 16.7 Å². The number of ether oxygens (including phenoxy) is 1. The highest BCUT2D eigenvalue weighted by atomic mass is 16.5. The molecule has 1 atom stereocenters. The van der Waals surface area contributed by atoms with E-state index in [0.717, 1.165) is 39.1 Å². The van der Waals surface area contributed by atoms with Gasteiger partial charge in [0.2, 0.25) is 5.91 Å². The molecule has 3 aliphatic rings. The van der Waals surface area contributed by atoms with E-state index < -0.39 is 0 Å². The van der Waals surface area contributed by atoms with Gasteiger partial charge in [0, 0.05) is 26.2 Å². The second kappa shape index (κ2) is 6.25. The summed E-state index contributed by atoms with van der Waals surface area (Å²) in [7, 11) is 1.77. The van der Waals surface area contributed by atoms with Crippen molar-refractivity contribution in [3.63, 3.8) is 0 Å². The zero-order valence-electron chi connectivity index (χ0n) is 13.4. The highest BCUT2D eigenvalue weighted by Gasteiger charge is 2.57. The number of nitrogens with one attached hydrogen (secondary N) is 2. The molecule has 0 bridgehead atoms. The molecule has 1 unspecified atom stereocenters. The van der Waals surface area contributed by atoms with E-state index in [0.29, 0.717) is 22.7 Å². The highest BCUT2D eigenvalue weighted by Crippen LogP contribution is 2.58. The molecule has 4 heteroatoms. The van der Waals surface area contributed by atoms with Gasteiger partial charge < -0.3 is 15.4 Å². The molecule has 0 aromatic rings. The van der Waals surface area contributed by atoms with E-state index in [2.05, 4.69) is 10.6 Å². The second-order valence-electron chi connectivity index (χ2n) is 7.54. The Hall–Kier alpha value is -0.610. The van der Waals surface area contributed by atoms with Gasteiger partial charge >= 0.3 is 0 Å². The minimum absolute atomic E-state index is 0.292. The molecule has 1 saturated heterocycles. The molecule has 2 saturated carbocycles. The van der Waals surface area contributed by atoms with Crippen LogP contribution in [0.1, 0.15) is 51.4 Å². The van der Waals surface area contributed by atoms with Gasteiger partial charge in [-0.3, -0.25) is 4.79 Å². The maximum Gasteiger partial charge on any atom is 0.223 e. The Morgan fingerprint density at radius 1 is 1.24 bits per heavy atom. The van der Waals surface area contributed by atoms with E-state index in [1.807, 2.05) is 0 Å². The van der Waals surface area contributed by atoms with Crippen molar-refractivity contribution in [2.24, 2.45) is 16.7 Å². The van der Waals surface area contributed by atoms with Crippen molar-refractivity contribution in [1.82, 2.24) is 10.6 Å². The minimum atomic E-state index is 0.292. The van der Waals surface area contributed by atoms with Crippen LogP contribution in [0.15, 0.2) is 0 Å². The van der Waals surface area contributed by atoms with Gasteiger partial charge in [-0.1, -0.05) is 12.8 Å². The first-order valence-corrected chi connectivity index (χ1v) is 8.67. The molecule has 3 rings (SSSR count). The van der Waals surface area contributed by atoms with E-state index in [-0.39, 0.29) is 0 Å². The molecular weight excluding hydrogens is 264 g/mol. The van der Waals surface area contributed by atoms with Crippen LogP contribution in [-0.2, 0) is 9.53 Å². The van der Waals surface area contributed by atoms with Crippen LogP contribution < -0.4 is 10.6 Å². The number of carbonyl (C=O) groups excluding carboxylic acids is 1. The number of carbonyl (C=O) groups is 1. The number of hydrogen-bond acceptors (Lipinski definition) is 3. The first kappa shape index (κ1) is 15.3. The average molecular weight is 294 g/mol. The Kier molecular flexibility index (Phi) is 4.55. The third-order valence-corrected chi connectivity index (χ3v) is 6.24. The summed E-state index contributed by atoms with van der Waals surface area (Å²) in [5, 5.41) is 6.69. The fourth-order valence-electron chi connectivity index (χ4n) is 4.55. The van der Waals surface area contributed by atoms with Crippen LogP contribution in [0.5, 0.6) is 0 Å². The molecule has 2 aliphatic carbocycles. The molecule has 0 aromatic carbocycles. The van der Waals surface area contributed by atoms with Crippen molar-refractivity contribution in [3.05, 3.63) is 0 Å². The van der Waals surface area contributed by atoms with Gasteiger partial charge in [-0.2, -0.15) is 0 Å². The monoisotopic (exact) mass is 294 g/mol. The lowest BCUT2D eigenvalue weighted by Gasteiger charge is -2.29. The largest absolute Gasteiger partial charge is 0.385 e. The predicted octanol–water partition coefficient (Wildman–Crippen LogP) is 2.09. The van der Waals surface area contributed by atoms with Gasteiger partial charge in [-0.05, 0) is 62.4 Å². The molecule has 120 valence electrons. The third kappa shape index (κ3) is 3.26. The van der Waals surface area contributed by atoms with E-state index in [1.165, 1.54) is 38.5 Å². The summed E-state index contributed by atoms with van der Waals surface area (Å²) < 4.78 is 5.27. The lowest BCUT2D eigenvalue weighted by atomic mass is 9.82. The lowest BCUT2D eigenvalue weighted by molar-refractivity contribution is -0.123. The quantitative estimate of drug-likeness (QED) is 0.788. The molecule has 1 spiro atoms. The second-order valence-corrected chi connectivity index (χ2v) is 7.54. The van der Waals surface area contributed by atoms with Gasteiger partial charge in [-0.15, -0.1) is 0 Å². The van der Waals surface area contributed by atoms with E-state index in [1.54, 1.807) is 7.11 Å². The van der Waals surface area contributed by atoms with Crippen molar-refractivity contribution in [3.8, 4) is 0 Å². The summed E-state index contributed by atoms with van der Waals surface area (Å²) in [5.74, 6) is 0.612.